The van der Waals surface area contributed by atoms with E-state index in [0.717, 1.165) is 52.9 Å². The minimum Gasteiger partial charge on any atom is -0.497 e. The summed E-state index contributed by atoms with van der Waals surface area (Å²) in [4.78, 5) is 4.70. The molecule has 44 heavy (non-hydrogen) atoms. The van der Waals surface area contributed by atoms with Gasteiger partial charge in [-0.1, -0.05) is 53.7 Å². The van der Waals surface area contributed by atoms with Crippen LogP contribution in [0.1, 0.15) is 82.7 Å². The van der Waals surface area contributed by atoms with Crippen LogP contribution in [0.15, 0.2) is 67.9 Å². The average Bonchev–Trinajstić information content (AvgIpc) is 3.00. The van der Waals surface area contributed by atoms with E-state index in [9.17, 15) is 0 Å². The van der Waals surface area contributed by atoms with Crippen LogP contribution in [-0.4, -0.2) is 49.4 Å². The molecule has 2 aromatic carbocycles. The van der Waals surface area contributed by atoms with Crippen molar-refractivity contribution in [3.8, 4) is 11.5 Å². The Balaban J connectivity index is 1.68. The highest BCUT2D eigenvalue weighted by Crippen LogP contribution is 2.50. The summed E-state index contributed by atoms with van der Waals surface area (Å²) in [5.41, 5.74) is 5.96. The molecule has 1 aromatic heterocycles. The van der Waals surface area contributed by atoms with Crippen molar-refractivity contribution in [1.82, 2.24) is 4.98 Å². The lowest BCUT2D eigenvalue weighted by molar-refractivity contribution is -0.985. The molecule has 2 bridgehead atoms. The Morgan fingerprint density at radius 1 is 0.977 bits per heavy atom. The average molecular weight is 598 g/mol. The first kappa shape index (κ1) is 32.2. The monoisotopic (exact) mass is 597 g/mol. The maximum Gasteiger partial charge on any atom is 0.135 e. The zero-order chi connectivity index (χ0) is 31.9. The van der Waals surface area contributed by atoms with Gasteiger partial charge in [-0.3, -0.25) is 4.98 Å². The smallest absolute Gasteiger partial charge is 0.135 e. The molecular weight excluding hydrogens is 544 g/mol. The molecular formula is C39H53N2O3+. The lowest BCUT2D eigenvalue weighted by atomic mass is 9.70. The van der Waals surface area contributed by atoms with Crippen LogP contribution in [0.25, 0.3) is 10.9 Å². The van der Waals surface area contributed by atoms with Crippen LogP contribution >= 0.6 is 0 Å². The van der Waals surface area contributed by atoms with Crippen molar-refractivity contribution in [1.29, 1.82) is 0 Å². The van der Waals surface area contributed by atoms with Crippen LogP contribution < -0.4 is 9.47 Å². The summed E-state index contributed by atoms with van der Waals surface area (Å²) in [5.74, 6) is 2.96. The molecule has 4 heterocycles. The van der Waals surface area contributed by atoms with E-state index in [1.165, 1.54) is 28.7 Å². The van der Waals surface area contributed by atoms with E-state index in [-0.39, 0.29) is 23.0 Å². The topological polar surface area (TPSA) is 40.6 Å². The number of pyridine rings is 1. The molecule has 3 saturated heterocycles. The summed E-state index contributed by atoms with van der Waals surface area (Å²) in [6.45, 7) is 25.7. The molecule has 0 N–H and O–H groups in total. The molecule has 3 aliphatic heterocycles. The van der Waals surface area contributed by atoms with Gasteiger partial charge in [0, 0.05) is 47.0 Å². The Kier molecular flexibility index (Phi) is 9.04. The van der Waals surface area contributed by atoms with Crippen LogP contribution in [-0.2, 0) is 22.1 Å². The summed E-state index contributed by atoms with van der Waals surface area (Å²) in [6, 6.07) is 13.4. The zero-order valence-electron chi connectivity index (χ0n) is 28.3. The van der Waals surface area contributed by atoms with Crippen LogP contribution in [0.3, 0.4) is 0 Å². The molecule has 236 valence electrons. The molecule has 2 unspecified atom stereocenters. The van der Waals surface area contributed by atoms with E-state index >= 15 is 0 Å². The molecule has 3 aromatic rings. The van der Waals surface area contributed by atoms with Crippen LogP contribution in [0, 0.1) is 11.8 Å². The Morgan fingerprint density at radius 3 is 2.27 bits per heavy atom. The molecule has 0 amide bonds. The number of rotatable bonds is 10. The van der Waals surface area contributed by atoms with Crippen LogP contribution in [0.5, 0.6) is 11.5 Å². The Morgan fingerprint density at radius 2 is 1.68 bits per heavy atom. The predicted molar refractivity (Wildman–Crippen MR) is 181 cm³/mol. The lowest BCUT2D eigenvalue weighted by Crippen LogP contribution is -2.67. The first-order chi connectivity index (χ1) is 20.8. The first-order valence-corrected chi connectivity index (χ1v) is 16.2. The second-order valence-electron chi connectivity index (χ2n) is 15.1. The first-order valence-electron chi connectivity index (χ1n) is 16.2. The highest BCUT2D eigenvalue weighted by molar-refractivity contribution is 5.84. The van der Waals surface area contributed by atoms with Crippen molar-refractivity contribution < 1.29 is 18.7 Å². The van der Waals surface area contributed by atoms with Crippen molar-refractivity contribution in [3.63, 3.8) is 0 Å². The van der Waals surface area contributed by atoms with Gasteiger partial charge in [0.1, 0.15) is 30.2 Å². The number of hydrogen-bond donors (Lipinski definition) is 0. The molecule has 0 aliphatic carbocycles. The van der Waals surface area contributed by atoms with E-state index in [1.54, 1.807) is 7.11 Å². The maximum atomic E-state index is 6.83. The van der Waals surface area contributed by atoms with E-state index < -0.39 is 0 Å². The van der Waals surface area contributed by atoms with E-state index in [0.29, 0.717) is 18.4 Å². The Bertz CT molecular complexity index is 1480. The highest BCUT2D eigenvalue weighted by Gasteiger charge is 2.54. The predicted octanol–water partition coefficient (Wildman–Crippen LogP) is 8.70. The number of nitrogens with zero attached hydrogens (tertiary/aromatic N) is 2. The van der Waals surface area contributed by atoms with E-state index in [1.807, 2.05) is 31.5 Å². The quantitative estimate of drug-likeness (QED) is 0.173. The Hall–Kier alpha value is -3.15. The normalized spacial score (nSPS) is 24.2. The van der Waals surface area contributed by atoms with Gasteiger partial charge in [0.05, 0.1) is 39.4 Å². The van der Waals surface area contributed by atoms with Gasteiger partial charge in [0.15, 0.2) is 0 Å². The van der Waals surface area contributed by atoms with Gasteiger partial charge in [0.25, 0.3) is 0 Å². The Labute approximate surface area is 265 Å². The lowest BCUT2D eigenvalue weighted by Gasteiger charge is -2.58. The SMILES string of the molecule is C=CCO[C@H](c1ccnc2ccc(OC)cc12)[C@@H]1CC2CC[N+]1(Cc1cc(C(C)(C)C)c(OC)c(C(C)(C)C)c1)C[C@@H]2C=C. The third-order valence-corrected chi connectivity index (χ3v) is 10.2. The number of methoxy groups -OCH3 is 2. The highest BCUT2D eigenvalue weighted by atomic mass is 16.5. The fraction of sp³-hybridized carbons (Fsp3) is 0.513. The minimum atomic E-state index is -0.110. The number of benzene rings is 2. The van der Waals surface area contributed by atoms with Crippen molar-refractivity contribution in [2.75, 3.05) is 33.9 Å². The summed E-state index contributed by atoms with van der Waals surface area (Å²) >= 11 is 0. The van der Waals surface area contributed by atoms with E-state index in [4.69, 9.17) is 19.2 Å². The third kappa shape index (κ3) is 6.06. The van der Waals surface area contributed by atoms with E-state index in [2.05, 4.69) is 85.0 Å². The fourth-order valence-corrected chi connectivity index (χ4v) is 7.94. The van der Waals surface area contributed by atoms with Gasteiger partial charge < -0.3 is 18.7 Å². The summed E-state index contributed by atoms with van der Waals surface area (Å²) < 4.78 is 19.6. The standard InChI is InChI=1S/C39H53N2O3/c1-11-19-44-36(30-15-17-40-34-14-13-29(42-9)23-31(30)34)35-22-28-16-18-41(35,25-27(28)12-2)24-26-20-32(38(3,4)5)37(43-10)33(21-26)39(6,7)8/h11-15,17,20-21,23,27-28,35-36H,1-2,16,18-19,22,24-25H2,3-10H3/q+1/t27-,28?,35-,36+,41?/m0/s1. The zero-order valence-corrected chi connectivity index (χ0v) is 28.3. The summed E-state index contributed by atoms with van der Waals surface area (Å²) in [6.07, 6.45) is 8.22. The maximum absolute atomic E-state index is 6.83. The number of quaternary nitrogens is 1. The number of aromatic nitrogens is 1. The molecule has 5 heteroatoms. The molecule has 5 nitrogen and oxygen atoms in total. The van der Waals surface area contributed by atoms with Crippen LogP contribution in [0.4, 0.5) is 0 Å². The fourth-order valence-electron chi connectivity index (χ4n) is 7.94. The number of ether oxygens (including phenoxy) is 3. The summed E-state index contributed by atoms with van der Waals surface area (Å²) in [7, 11) is 3.54. The second kappa shape index (κ2) is 12.3. The number of fused-ring (bicyclic) bond motifs is 4. The number of piperidine rings is 3. The van der Waals surface area contributed by atoms with Crippen molar-refractivity contribution in [3.05, 3.63) is 90.2 Å². The number of hydrogen-bond acceptors (Lipinski definition) is 4. The van der Waals surface area contributed by atoms with Gasteiger partial charge in [-0.2, -0.15) is 0 Å². The van der Waals surface area contributed by atoms with Crippen molar-refractivity contribution in [2.24, 2.45) is 11.8 Å². The molecule has 3 fully saturated rings. The molecule has 5 atom stereocenters. The van der Waals surface area contributed by atoms with Gasteiger partial charge in [-0.05, 0) is 58.7 Å². The second-order valence-corrected chi connectivity index (χ2v) is 15.1. The molecule has 0 spiro atoms. The molecule has 3 aliphatic rings. The van der Waals surface area contributed by atoms with Gasteiger partial charge in [0.2, 0.25) is 0 Å². The largest absolute Gasteiger partial charge is 0.497 e. The summed E-state index contributed by atoms with van der Waals surface area (Å²) in [5, 5.41) is 1.09. The van der Waals surface area contributed by atoms with Crippen molar-refractivity contribution >= 4 is 10.9 Å². The minimum absolute atomic E-state index is 0.0517. The molecule has 6 rings (SSSR count). The molecule has 0 radical (unpaired) electrons. The van der Waals surface area contributed by atoms with Gasteiger partial charge >= 0.3 is 0 Å². The van der Waals surface area contributed by atoms with Crippen molar-refractivity contribution in [2.45, 2.75) is 83.9 Å². The molecule has 0 saturated carbocycles. The van der Waals surface area contributed by atoms with Gasteiger partial charge in [-0.15, -0.1) is 13.2 Å². The van der Waals surface area contributed by atoms with Crippen LogP contribution in [0.2, 0.25) is 0 Å². The van der Waals surface area contributed by atoms with Gasteiger partial charge in [-0.25, -0.2) is 0 Å². The third-order valence-electron chi connectivity index (χ3n) is 10.2.